The van der Waals surface area contributed by atoms with Crippen molar-refractivity contribution in [3.8, 4) is 0 Å². The number of hydrogen-bond acceptors (Lipinski definition) is 4. The average molecular weight is 237 g/mol. The first-order chi connectivity index (χ1) is 7.99. The van der Waals surface area contributed by atoms with Crippen molar-refractivity contribution in [2.24, 2.45) is 5.73 Å². The summed E-state index contributed by atoms with van der Waals surface area (Å²) >= 11 is 0. The molecule has 1 heterocycles. The van der Waals surface area contributed by atoms with Crippen LogP contribution < -0.4 is 11.1 Å². The third-order valence-electron chi connectivity index (χ3n) is 2.19. The molecule has 0 aliphatic heterocycles. The molecule has 1 atom stereocenters. The van der Waals surface area contributed by atoms with Crippen LogP contribution in [0.5, 0.6) is 0 Å². The quantitative estimate of drug-likeness (QED) is 0.680. The van der Waals surface area contributed by atoms with Crippen molar-refractivity contribution in [1.29, 1.82) is 0 Å². The summed E-state index contributed by atoms with van der Waals surface area (Å²) in [5.41, 5.74) is 5.29. The molecule has 6 nitrogen and oxygen atoms in total. The number of rotatable bonds is 6. The molecular weight excluding hydrogens is 222 g/mol. The minimum atomic E-state index is -0.836. The fraction of sp³-hybridized carbons (Fsp3) is 0.364. The Kier molecular flexibility index (Phi) is 4.45. The van der Waals surface area contributed by atoms with E-state index in [0.29, 0.717) is 12.2 Å². The zero-order valence-electron chi connectivity index (χ0n) is 9.51. The van der Waals surface area contributed by atoms with Crippen molar-refractivity contribution >= 4 is 17.7 Å². The van der Waals surface area contributed by atoms with Gasteiger partial charge in [0.1, 0.15) is 11.5 Å². The standard InChI is InChI=1S/C11H15N3O3/c1-7(5-6-10(15)16)13-9-4-2-3-8(14-9)11(12)17/h2-4,7H,5-6H2,1H3,(H2,12,17)(H,13,14)(H,15,16). The molecule has 0 saturated heterocycles. The molecule has 0 bridgehead atoms. The van der Waals surface area contributed by atoms with Gasteiger partial charge in [-0.25, -0.2) is 4.98 Å². The molecule has 0 fully saturated rings. The Morgan fingerprint density at radius 2 is 2.24 bits per heavy atom. The summed E-state index contributed by atoms with van der Waals surface area (Å²) in [6, 6.07) is 4.85. The average Bonchev–Trinajstić information content (AvgIpc) is 2.26. The second-order valence-electron chi connectivity index (χ2n) is 3.75. The van der Waals surface area contributed by atoms with E-state index in [-0.39, 0.29) is 18.2 Å². The third-order valence-corrected chi connectivity index (χ3v) is 2.19. The van der Waals surface area contributed by atoms with E-state index in [0.717, 1.165) is 0 Å². The Morgan fingerprint density at radius 1 is 1.53 bits per heavy atom. The Morgan fingerprint density at radius 3 is 2.82 bits per heavy atom. The number of pyridine rings is 1. The molecule has 0 aliphatic rings. The molecule has 0 aliphatic carbocycles. The minimum absolute atomic E-state index is 0.0401. The summed E-state index contributed by atoms with van der Waals surface area (Å²) in [5, 5.41) is 11.6. The van der Waals surface area contributed by atoms with Crippen LogP contribution in [-0.4, -0.2) is 28.0 Å². The lowest BCUT2D eigenvalue weighted by atomic mass is 10.2. The molecular formula is C11H15N3O3. The van der Waals surface area contributed by atoms with Gasteiger partial charge in [0.15, 0.2) is 0 Å². The van der Waals surface area contributed by atoms with Crippen LogP contribution in [0.4, 0.5) is 5.82 Å². The molecule has 4 N–H and O–H groups in total. The minimum Gasteiger partial charge on any atom is -0.481 e. The highest BCUT2D eigenvalue weighted by atomic mass is 16.4. The Labute approximate surface area is 98.8 Å². The lowest BCUT2D eigenvalue weighted by molar-refractivity contribution is -0.137. The largest absolute Gasteiger partial charge is 0.481 e. The molecule has 1 aromatic heterocycles. The molecule has 1 rings (SSSR count). The van der Waals surface area contributed by atoms with E-state index in [4.69, 9.17) is 10.8 Å². The van der Waals surface area contributed by atoms with Crippen molar-refractivity contribution in [3.63, 3.8) is 0 Å². The van der Waals surface area contributed by atoms with Gasteiger partial charge in [0.25, 0.3) is 5.91 Å². The summed E-state index contributed by atoms with van der Waals surface area (Å²) in [7, 11) is 0. The van der Waals surface area contributed by atoms with E-state index in [1.807, 2.05) is 6.92 Å². The monoisotopic (exact) mass is 237 g/mol. The summed E-state index contributed by atoms with van der Waals surface area (Å²) in [6.45, 7) is 1.85. The predicted octanol–water partition coefficient (Wildman–Crippen LogP) is 0.846. The topological polar surface area (TPSA) is 105 Å². The maximum atomic E-state index is 10.9. The first-order valence-electron chi connectivity index (χ1n) is 5.24. The van der Waals surface area contributed by atoms with Gasteiger partial charge in [0.05, 0.1) is 0 Å². The molecule has 0 saturated carbocycles. The van der Waals surface area contributed by atoms with Gasteiger partial charge in [0.2, 0.25) is 0 Å². The van der Waals surface area contributed by atoms with Crippen LogP contribution in [0.15, 0.2) is 18.2 Å². The first-order valence-corrected chi connectivity index (χ1v) is 5.24. The van der Waals surface area contributed by atoms with Crippen LogP contribution in [0.3, 0.4) is 0 Å². The van der Waals surface area contributed by atoms with Crippen molar-refractivity contribution in [3.05, 3.63) is 23.9 Å². The summed E-state index contributed by atoms with van der Waals surface area (Å²) in [4.78, 5) is 25.3. The number of amides is 1. The van der Waals surface area contributed by atoms with Crippen LogP contribution in [0, 0.1) is 0 Å². The van der Waals surface area contributed by atoms with Gasteiger partial charge in [-0.1, -0.05) is 6.07 Å². The van der Waals surface area contributed by atoms with Crippen LogP contribution in [0.1, 0.15) is 30.3 Å². The Hall–Kier alpha value is -2.11. The first kappa shape index (κ1) is 13.0. The highest BCUT2D eigenvalue weighted by Crippen LogP contribution is 2.08. The molecule has 6 heteroatoms. The van der Waals surface area contributed by atoms with Crippen molar-refractivity contribution < 1.29 is 14.7 Å². The molecule has 1 amide bonds. The van der Waals surface area contributed by atoms with E-state index in [1.165, 1.54) is 6.07 Å². The predicted molar refractivity (Wildman–Crippen MR) is 62.7 cm³/mol. The Balaban J connectivity index is 2.58. The fourth-order valence-corrected chi connectivity index (χ4v) is 1.32. The number of hydrogen-bond donors (Lipinski definition) is 3. The smallest absolute Gasteiger partial charge is 0.303 e. The number of carboxylic acid groups (broad SMARTS) is 1. The molecule has 1 unspecified atom stereocenters. The number of carbonyl (C=O) groups excluding carboxylic acids is 1. The van der Waals surface area contributed by atoms with Gasteiger partial charge in [-0.2, -0.15) is 0 Å². The van der Waals surface area contributed by atoms with Crippen LogP contribution in [0.25, 0.3) is 0 Å². The van der Waals surface area contributed by atoms with Gasteiger partial charge in [0, 0.05) is 12.5 Å². The van der Waals surface area contributed by atoms with E-state index in [2.05, 4.69) is 10.3 Å². The summed E-state index contributed by atoms with van der Waals surface area (Å²) in [6.07, 6.45) is 0.571. The lowest BCUT2D eigenvalue weighted by Gasteiger charge is -2.13. The number of primary amides is 1. The number of aromatic nitrogens is 1. The summed E-state index contributed by atoms with van der Waals surface area (Å²) in [5.74, 6) is -0.913. The Bertz CT molecular complexity index is 420. The number of carboxylic acids is 1. The highest BCUT2D eigenvalue weighted by Gasteiger charge is 2.07. The van der Waals surface area contributed by atoms with Crippen LogP contribution in [0.2, 0.25) is 0 Å². The molecule has 0 spiro atoms. The number of aliphatic carboxylic acids is 1. The summed E-state index contributed by atoms with van der Waals surface area (Å²) < 4.78 is 0. The second-order valence-corrected chi connectivity index (χ2v) is 3.75. The number of nitrogens with zero attached hydrogens (tertiary/aromatic N) is 1. The molecule has 17 heavy (non-hydrogen) atoms. The normalized spacial score (nSPS) is 11.8. The zero-order valence-corrected chi connectivity index (χ0v) is 9.51. The highest BCUT2D eigenvalue weighted by molar-refractivity contribution is 5.91. The molecule has 0 radical (unpaired) electrons. The lowest BCUT2D eigenvalue weighted by Crippen LogP contribution is -2.19. The molecule has 92 valence electrons. The van der Waals surface area contributed by atoms with Gasteiger partial charge in [-0.3, -0.25) is 9.59 Å². The van der Waals surface area contributed by atoms with Crippen LogP contribution >= 0.6 is 0 Å². The van der Waals surface area contributed by atoms with Crippen molar-refractivity contribution in [1.82, 2.24) is 4.98 Å². The van der Waals surface area contributed by atoms with Crippen molar-refractivity contribution in [2.75, 3.05) is 5.32 Å². The fourth-order valence-electron chi connectivity index (χ4n) is 1.32. The van der Waals surface area contributed by atoms with E-state index in [1.54, 1.807) is 12.1 Å². The maximum Gasteiger partial charge on any atom is 0.303 e. The SMILES string of the molecule is CC(CCC(=O)O)Nc1cccc(C(N)=O)n1. The number of nitrogens with two attached hydrogens (primary N) is 1. The van der Waals surface area contributed by atoms with E-state index in [9.17, 15) is 9.59 Å². The van der Waals surface area contributed by atoms with Gasteiger partial charge in [-0.05, 0) is 25.5 Å². The van der Waals surface area contributed by atoms with Gasteiger partial charge >= 0.3 is 5.97 Å². The molecule has 0 aromatic carbocycles. The maximum absolute atomic E-state index is 10.9. The van der Waals surface area contributed by atoms with Gasteiger partial charge < -0.3 is 16.2 Å². The molecule has 1 aromatic rings. The van der Waals surface area contributed by atoms with E-state index < -0.39 is 11.9 Å². The number of carbonyl (C=O) groups is 2. The number of nitrogens with one attached hydrogen (secondary N) is 1. The second kappa shape index (κ2) is 5.83. The third kappa shape index (κ3) is 4.50. The number of anilines is 1. The zero-order chi connectivity index (χ0) is 12.8. The van der Waals surface area contributed by atoms with E-state index >= 15 is 0 Å². The van der Waals surface area contributed by atoms with Crippen molar-refractivity contribution in [2.45, 2.75) is 25.8 Å². The van der Waals surface area contributed by atoms with Gasteiger partial charge in [-0.15, -0.1) is 0 Å². The van der Waals surface area contributed by atoms with Crippen LogP contribution in [-0.2, 0) is 4.79 Å².